The molecule has 4 nitrogen and oxygen atoms in total. The lowest BCUT2D eigenvalue weighted by molar-refractivity contribution is 0.210. The predicted molar refractivity (Wildman–Crippen MR) is 60.5 cm³/mol. The zero-order valence-electron chi connectivity index (χ0n) is 7.99. The van der Waals surface area contributed by atoms with E-state index in [1.54, 1.807) is 13.3 Å². The first-order valence-corrected chi connectivity index (χ1v) is 4.63. The van der Waals surface area contributed by atoms with E-state index in [1.165, 1.54) is 0 Å². The SMILES string of the molecule is COCCNc1ccc(C(N)=S)cn1. The van der Waals surface area contributed by atoms with Crippen molar-refractivity contribution in [3.63, 3.8) is 0 Å². The van der Waals surface area contributed by atoms with Gasteiger partial charge >= 0.3 is 0 Å². The van der Waals surface area contributed by atoms with Gasteiger partial charge in [-0.3, -0.25) is 0 Å². The van der Waals surface area contributed by atoms with Gasteiger partial charge in [-0.2, -0.15) is 0 Å². The highest BCUT2D eigenvalue weighted by Gasteiger charge is 1.96. The lowest BCUT2D eigenvalue weighted by Gasteiger charge is -2.04. The lowest BCUT2D eigenvalue weighted by atomic mass is 10.3. The molecule has 14 heavy (non-hydrogen) atoms. The van der Waals surface area contributed by atoms with Gasteiger partial charge in [0.1, 0.15) is 10.8 Å². The van der Waals surface area contributed by atoms with Crippen molar-refractivity contribution >= 4 is 23.0 Å². The van der Waals surface area contributed by atoms with Crippen LogP contribution in [0.3, 0.4) is 0 Å². The lowest BCUT2D eigenvalue weighted by Crippen LogP contribution is -2.11. The van der Waals surface area contributed by atoms with Crippen LogP contribution in [0.25, 0.3) is 0 Å². The molecule has 0 bridgehead atoms. The predicted octanol–water partition coefficient (Wildman–Crippen LogP) is 0.774. The molecule has 3 N–H and O–H groups in total. The number of hydrogen-bond donors (Lipinski definition) is 2. The van der Waals surface area contributed by atoms with Gasteiger partial charge in [-0.05, 0) is 12.1 Å². The van der Waals surface area contributed by atoms with Gasteiger partial charge < -0.3 is 15.8 Å². The summed E-state index contributed by atoms with van der Waals surface area (Å²) < 4.78 is 4.89. The van der Waals surface area contributed by atoms with E-state index in [1.807, 2.05) is 12.1 Å². The zero-order chi connectivity index (χ0) is 10.4. The first-order valence-electron chi connectivity index (χ1n) is 4.22. The van der Waals surface area contributed by atoms with E-state index in [0.29, 0.717) is 11.6 Å². The van der Waals surface area contributed by atoms with E-state index in [2.05, 4.69) is 10.3 Å². The Morgan fingerprint density at radius 1 is 1.64 bits per heavy atom. The number of hydrogen-bond acceptors (Lipinski definition) is 4. The van der Waals surface area contributed by atoms with Crippen LogP contribution in [0.5, 0.6) is 0 Å². The summed E-state index contributed by atoms with van der Waals surface area (Å²) in [6.45, 7) is 1.38. The van der Waals surface area contributed by atoms with E-state index < -0.39 is 0 Å². The molecule has 1 aromatic rings. The van der Waals surface area contributed by atoms with Crippen molar-refractivity contribution in [1.82, 2.24) is 4.98 Å². The molecule has 0 aliphatic heterocycles. The number of rotatable bonds is 5. The van der Waals surface area contributed by atoms with E-state index in [4.69, 9.17) is 22.7 Å². The molecule has 0 atom stereocenters. The Morgan fingerprint density at radius 2 is 2.43 bits per heavy atom. The Labute approximate surface area is 88.5 Å². The molecule has 1 heterocycles. The molecule has 0 aromatic carbocycles. The van der Waals surface area contributed by atoms with Crippen LogP contribution in [0, 0.1) is 0 Å². The standard InChI is InChI=1S/C9H13N3OS/c1-13-5-4-11-8-3-2-7(6-12-8)9(10)14/h2-3,6H,4-5H2,1H3,(H2,10,14)(H,11,12). The average Bonchev–Trinajstić information content (AvgIpc) is 2.19. The smallest absolute Gasteiger partial charge is 0.125 e. The van der Waals surface area contributed by atoms with Crippen LogP contribution in [0.15, 0.2) is 18.3 Å². The third kappa shape index (κ3) is 3.27. The van der Waals surface area contributed by atoms with Crippen LogP contribution in [-0.2, 0) is 4.74 Å². The number of anilines is 1. The second-order valence-electron chi connectivity index (χ2n) is 2.72. The van der Waals surface area contributed by atoms with Crippen molar-refractivity contribution in [2.75, 3.05) is 25.6 Å². The van der Waals surface area contributed by atoms with Gasteiger partial charge in [-0.15, -0.1) is 0 Å². The molecule has 0 unspecified atom stereocenters. The molecule has 0 aliphatic carbocycles. The fourth-order valence-electron chi connectivity index (χ4n) is 0.925. The Kier molecular flexibility index (Phi) is 4.28. The largest absolute Gasteiger partial charge is 0.389 e. The number of nitrogens with one attached hydrogen (secondary N) is 1. The maximum Gasteiger partial charge on any atom is 0.125 e. The van der Waals surface area contributed by atoms with Crippen LogP contribution in [0.4, 0.5) is 5.82 Å². The van der Waals surface area contributed by atoms with Gasteiger partial charge in [0.25, 0.3) is 0 Å². The number of ether oxygens (including phenoxy) is 1. The van der Waals surface area contributed by atoms with Gasteiger partial charge in [0.2, 0.25) is 0 Å². The molecule has 0 radical (unpaired) electrons. The van der Waals surface area contributed by atoms with Crippen LogP contribution in [0.1, 0.15) is 5.56 Å². The zero-order valence-corrected chi connectivity index (χ0v) is 8.80. The Hall–Kier alpha value is -1.20. The molecule has 0 spiro atoms. The van der Waals surface area contributed by atoms with E-state index in [0.717, 1.165) is 17.9 Å². The molecule has 0 saturated heterocycles. The second-order valence-corrected chi connectivity index (χ2v) is 3.16. The van der Waals surface area contributed by atoms with E-state index in [9.17, 15) is 0 Å². The van der Waals surface area contributed by atoms with Gasteiger partial charge in [0.05, 0.1) is 6.61 Å². The topological polar surface area (TPSA) is 60.2 Å². The fraction of sp³-hybridized carbons (Fsp3) is 0.333. The van der Waals surface area contributed by atoms with Crippen LogP contribution in [-0.4, -0.2) is 30.2 Å². The molecule has 1 rings (SSSR count). The summed E-state index contributed by atoms with van der Waals surface area (Å²) in [5.74, 6) is 0.794. The van der Waals surface area contributed by atoms with Crippen molar-refractivity contribution in [2.24, 2.45) is 5.73 Å². The molecular formula is C9H13N3OS. The Morgan fingerprint density at radius 3 is 2.93 bits per heavy atom. The normalized spacial score (nSPS) is 9.79. The minimum absolute atomic E-state index is 0.362. The van der Waals surface area contributed by atoms with Gasteiger partial charge in [0.15, 0.2) is 0 Å². The number of aromatic nitrogens is 1. The highest BCUT2D eigenvalue weighted by Crippen LogP contribution is 2.04. The summed E-state index contributed by atoms with van der Waals surface area (Å²) in [6.07, 6.45) is 1.65. The molecule has 0 saturated carbocycles. The van der Waals surface area contributed by atoms with Crippen molar-refractivity contribution in [3.8, 4) is 0 Å². The van der Waals surface area contributed by atoms with Crippen LogP contribution >= 0.6 is 12.2 Å². The highest BCUT2D eigenvalue weighted by molar-refractivity contribution is 7.80. The van der Waals surface area contributed by atoms with Crippen LogP contribution < -0.4 is 11.1 Å². The maximum atomic E-state index is 5.44. The number of nitrogens with zero attached hydrogens (tertiary/aromatic N) is 1. The quantitative estimate of drug-likeness (QED) is 0.556. The fourth-order valence-corrected chi connectivity index (χ4v) is 1.05. The van der Waals surface area contributed by atoms with Gasteiger partial charge in [0, 0.05) is 25.4 Å². The Bertz CT molecular complexity index is 299. The first-order chi connectivity index (χ1) is 6.74. The molecule has 0 amide bonds. The minimum atomic E-state index is 0.362. The third-order valence-corrected chi connectivity index (χ3v) is 1.90. The van der Waals surface area contributed by atoms with Crippen molar-refractivity contribution in [3.05, 3.63) is 23.9 Å². The number of pyridine rings is 1. The monoisotopic (exact) mass is 211 g/mol. The van der Waals surface area contributed by atoms with Crippen molar-refractivity contribution in [1.29, 1.82) is 0 Å². The summed E-state index contributed by atoms with van der Waals surface area (Å²) in [4.78, 5) is 4.50. The molecule has 5 heteroatoms. The van der Waals surface area contributed by atoms with Crippen LogP contribution in [0.2, 0.25) is 0 Å². The summed E-state index contributed by atoms with van der Waals surface area (Å²) in [5.41, 5.74) is 6.21. The summed E-state index contributed by atoms with van der Waals surface area (Å²) in [5, 5.41) is 3.09. The molecule has 0 fully saturated rings. The summed E-state index contributed by atoms with van der Waals surface area (Å²) in [7, 11) is 1.66. The van der Waals surface area contributed by atoms with Crippen molar-refractivity contribution in [2.45, 2.75) is 0 Å². The molecule has 1 aromatic heterocycles. The Balaban J connectivity index is 2.51. The summed E-state index contributed by atoms with van der Waals surface area (Å²) >= 11 is 4.81. The van der Waals surface area contributed by atoms with E-state index >= 15 is 0 Å². The number of thiocarbonyl (C=S) groups is 1. The van der Waals surface area contributed by atoms with E-state index in [-0.39, 0.29) is 0 Å². The number of methoxy groups -OCH3 is 1. The molecular weight excluding hydrogens is 198 g/mol. The average molecular weight is 211 g/mol. The first kappa shape index (κ1) is 10.9. The highest BCUT2D eigenvalue weighted by atomic mass is 32.1. The maximum absolute atomic E-state index is 5.44. The molecule has 76 valence electrons. The minimum Gasteiger partial charge on any atom is -0.389 e. The van der Waals surface area contributed by atoms with Gasteiger partial charge in [-0.1, -0.05) is 12.2 Å². The number of nitrogens with two attached hydrogens (primary N) is 1. The van der Waals surface area contributed by atoms with Crippen molar-refractivity contribution < 1.29 is 4.74 Å². The molecule has 0 aliphatic rings. The van der Waals surface area contributed by atoms with Gasteiger partial charge in [-0.25, -0.2) is 4.98 Å². The third-order valence-electron chi connectivity index (χ3n) is 1.66. The summed E-state index contributed by atoms with van der Waals surface area (Å²) in [6, 6.07) is 3.68. The second kappa shape index (κ2) is 5.51.